The highest BCUT2D eigenvalue weighted by molar-refractivity contribution is 5.94. The zero-order valence-electron chi connectivity index (χ0n) is 14.3. The number of nitrogens with one attached hydrogen (secondary N) is 1. The highest BCUT2D eigenvalue weighted by atomic mass is 19.4. The van der Waals surface area contributed by atoms with Gasteiger partial charge in [-0.15, -0.1) is 0 Å². The van der Waals surface area contributed by atoms with Gasteiger partial charge in [-0.3, -0.25) is 14.5 Å². The number of aromatic nitrogens is 2. The van der Waals surface area contributed by atoms with Gasteiger partial charge in [-0.1, -0.05) is 6.08 Å². The number of rotatable bonds is 4. The number of anilines is 1. The SMILES string of the molecule is O=CN(c1cc(C2=CCN(C(=O)C(F)(F)F)CC2)c2cc[nH]c2n1)C1CC1. The van der Waals surface area contributed by atoms with Gasteiger partial charge in [-0.2, -0.15) is 13.2 Å². The summed E-state index contributed by atoms with van der Waals surface area (Å²) in [7, 11) is 0. The Morgan fingerprint density at radius 1 is 1.37 bits per heavy atom. The summed E-state index contributed by atoms with van der Waals surface area (Å²) in [5.41, 5.74) is 2.28. The molecule has 4 rings (SSSR count). The lowest BCUT2D eigenvalue weighted by molar-refractivity contribution is -0.185. The van der Waals surface area contributed by atoms with E-state index < -0.39 is 12.1 Å². The molecule has 27 heavy (non-hydrogen) atoms. The molecule has 0 saturated heterocycles. The van der Waals surface area contributed by atoms with Crippen LogP contribution in [0.15, 0.2) is 24.4 Å². The van der Waals surface area contributed by atoms with E-state index in [0.717, 1.165) is 40.7 Å². The van der Waals surface area contributed by atoms with Crippen molar-refractivity contribution < 1.29 is 22.8 Å². The number of carbonyl (C=O) groups excluding carboxylic acids is 2. The molecule has 9 heteroatoms. The molecule has 1 fully saturated rings. The molecular formula is C18H17F3N4O2. The molecule has 1 aliphatic carbocycles. The van der Waals surface area contributed by atoms with Gasteiger partial charge in [0.25, 0.3) is 0 Å². The number of halogens is 3. The van der Waals surface area contributed by atoms with Gasteiger partial charge in [0.1, 0.15) is 11.5 Å². The van der Waals surface area contributed by atoms with Gasteiger partial charge in [0, 0.05) is 30.7 Å². The van der Waals surface area contributed by atoms with E-state index in [4.69, 9.17) is 0 Å². The fourth-order valence-corrected chi connectivity index (χ4v) is 3.38. The summed E-state index contributed by atoms with van der Waals surface area (Å²) in [6.45, 7) is -0.106. The van der Waals surface area contributed by atoms with Crippen molar-refractivity contribution >= 4 is 34.7 Å². The Morgan fingerprint density at radius 3 is 2.74 bits per heavy atom. The van der Waals surface area contributed by atoms with Gasteiger partial charge in [0.15, 0.2) is 0 Å². The Balaban J connectivity index is 1.67. The van der Waals surface area contributed by atoms with Gasteiger partial charge in [0.2, 0.25) is 6.41 Å². The first-order chi connectivity index (χ1) is 12.9. The number of pyridine rings is 1. The second-order valence-corrected chi connectivity index (χ2v) is 6.74. The van der Waals surface area contributed by atoms with Crippen molar-refractivity contribution in [3.05, 3.63) is 30.0 Å². The summed E-state index contributed by atoms with van der Waals surface area (Å²) >= 11 is 0. The van der Waals surface area contributed by atoms with Crippen molar-refractivity contribution in [2.45, 2.75) is 31.5 Å². The largest absolute Gasteiger partial charge is 0.471 e. The van der Waals surface area contributed by atoms with Gasteiger partial charge in [0.05, 0.1) is 0 Å². The van der Waals surface area contributed by atoms with Crippen LogP contribution in [0, 0.1) is 0 Å². The number of hydrogen-bond acceptors (Lipinski definition) is 3. The molecule has 6 nitrogen and oxygen atoms in total. The second kappa shape index (κ2) is 6.40. The first kappa shape index (κ1) is 17.6. The molecule has 2 amide bonds. The van der Waals surface area contributed by atoms with Gasteiger partial charge in [-0.05, 0) is 42.5 Å². The highest BCUT2D eigenvalue weighted by Gasteiger charge is 2.42. The number of nitrogens with zero attached hydrogens (tertiary/aromatic N) is 3. The van der Waals surface area contributed by atoms with Crippen LogP contribution in [-0.2, 0) is 9.59 Å². The molecule has 2 aromatic rings. The van der Waals surface area contributed by atoms with Crippen molar-refractivity contribution in [3.8, 4) is 0 Å². The molecule has 3 heterocycles. The number of hydrogen-bond donors (Lipinski definition) is 1. The minimum absolute atomic E-state index is 0.00618. The maximum absolute atomic E-state index is 12.6. The van der Waals surface area contributed by atoms with Crippen molar-refractivity contribution in [1.29, 1.82) is 0 Å². The third-order valence-electron chi connectivity index (χ3n) is 4.92. The first-order valence-electron chi connectivity index (χ1n) is 8.66. The van der Waals surface area contributed by atoms with Crippen molar-refractivity contribution in [2.75, 3.05) is 18.0 Å². The minimum atomic E-state index is -4.86. The Labute approximate surface area is 152 Å². The normalized spacial score (nSPS) is 17.7. The molecule has 1 aliphatic heterocycles. The average molecular weight is 378 g/mol. The molecule has 1 saturated carbocycles. The zero-order chi connectivity index (χ0) is 19.2. The highest BCUT2D eigenvalue weighted by Crippen LogP contribution is 2.35. The third kappa shape index (κ3) is 3.29. The van der Waals surface area contributed by atoms with Crippen LogP contribution in [-0.4, -0.2) is 52.5 Å². The predicted molar refractivity (Wildman–Crippen MR) is 92.9 cm³/mol. The third-order valence-corrected chi connectivity index (χ3v) is 4.92. The summed E-state index contributed by atoms with van der Waals surface area (Å²) in [5.74, 6) is -1.30. The van der Waals surface area contributed by atoms with Crippen LogP contribution in [0.3, 0.4) is 0 Å². The predicted octanol–water partition coefficient (Wildman–Crippen LogP) is 2.87. The van der Waals surface area contributed by atoms with Crippen LogP contribution in [0.2, 0.25) is 0 Å². The lowest BCUT2D eigenvalue weighted by atomic mass is 9.97. The van der Waals surface area contributed by atoms with E-state index in [1.807, 2.05) is 6.07 Å². The maximum atomic E-state index is 12.6. The van der Waals surface area contributed by atoms with Crippen LogP contribution >= 0.6 is 0 Å². The quantitative estimate of drug-likeness (QED) is 0.832. The standard InChI is InChI=1S/C18H17F3N4O2/c19-18(20,21)17(27)24-7-4-11(5-8-24)14-9-15(25(10-26)12-1-2-12)23-16-13(14)3-6-22-16/h3-4,6,9-10,12H,1-2,5,7-8H2,(H,22,23). The van der Waals surface area contributed by atoms with Gasteiger partial charge < -0.3 is 9.88 Å². The molecule has 1 N–H and O–H groups in total. The summed E-state index contributed by atoms with van der Waals surface area (Å²) < 4.78 is 37.9. The number of alkyl halides is 3. The fraction of sp³-hybridized carbons (Fsp3) is 0.389. The van der Waals surface area contributed by atoms with Crippen molar-refractivity contribution in [3.63, 3.8) is 0 Å². The van der Waals surface area contributed by atoms with Crippen molar-refractivity contribution in [2.24, 2.45) is 0 Å². The van der Waals surface area contributed by atoms with E-state index in [1.165, 1.54) is 0 Å². The lowest BCUT2D eigenvalue weighted by Gasteiger charge is -2.27. The number of amides is 2. The van der Waals surface area contributed by atoms with Crippen LogP contribution in [0.5, 0.6) is 0 Å². The summed E-state index contributed by atoms with van der Waals surface area (Å²) in [6, 6.07) is 3.80. The molecule has 0 radical (unpaired) electrons. The van der Waals surface area contributed by atoms with E-state index >= 15 is 0 Å². The van der Waals surface area contributed by atoms with E-state index in [1.54, 1.807) is 23.2 Å². The molecular weight excluding hydrogens is 361 g/mol. The Hall–Kier alpha value is -2.84. The van der Waals surface area contributed by atoms with Crippen LogP contribution in [0.25, 0.3) is 16.6 Å². The molecule has 0 bridgehead atoms. The molecule has 142 valence electrons. The smallest absolute Gasteiger partial charge is 0.346 e. The van der Waals surface area contributed by atoms with Crippen LogP contribution in [0.1, 0.15) is 24.8 Å². The summed E-state index contributed by atoms with van der Waals surface area (Å²) in [5, 5.41) is 0.835. The second-order valence-electron chi connectivity index (χ2n) is 6.74. The monoisotopic (exact) mass is 378 g/mol. The number of fused-ring (bicyclic) bond motifs is 1. The Bertz CT molecular complexity index is 930. The van der Waals surface area contributed by atoms with E-state index in [-0.39, 0.29) is 19.1 Å². The molecule has 2 aromatic heterocycles. The number of aromatic amines is 1. The van der Waals surface area contributed by atoms with E-state index in [0.29, 0.717) is 17.9 Å². The molecule has 0 spiro atoms. The van der Waals surface area contributed by atoms with Crippen LogP contribution in [0.4, 0.5) is 19.0 Å². The van der Waals surface area contributed by atoms with Crippen molar-refractivity contribution in [1.82, 2.24) is 14.9 Å². The number of H-pyrrole nitrogens is 1. The number of carbonyl (C=O) groups is 2. The minimum Gasteiger partial charge on any atom is -0.346 e. The summed E-state index contributed by atoms with van der Waals surface area (Å²) in [6.07, 6.45) is 1.42. The maximum Gasteiger partial charge on any atom is 0.471 e. The van der Waals surface area contributed by atoms with E-state index in [9.17, 15) is 22.8 Å². The molecule has 0 unspecified atom stereocenters. The molecule has 0 aromatic carbocycles. The zero-order valence-corrected chi connectivity index (χ0v) is 14.3. The van der Waals surface area contributed by atoms with Gasteiger partial charge in [-0.25, -0.2) is 4.98 Å². The first-order valence-corrected chi connectivity index (χ1v) is 8.66. The average Bonchev–Trinajstić information content (AvgIpc) is 3.36. The van der Waals surface area contributed by atoms with E-state index in [2.05, 4.69) is 9.97 Å². The topological polar surface area (TPSA) is 69.3 Å². The summed E-state index contributed by atoms with van der Waals surface area (Å²) in [4.78, 5) is 32.8. The Kier molecular flexibility index (Phi) is 4.16. The lowest BCUT2D eigenvalue weighted by Crippen LogP contribution is -2.43. The molecule has 0 atom stereocenters. The van der Waals surface area contributed by atoms with Gasteiger partial charge >= 0.3 is 12.1 Å². The Morgan fingerprint density at radius 2 is 2.15 bits per heavy atom. The fourth-order valence-electron chi connectivity index (χ4n) is 3.38. The molecule has 2 aliphatic rings. The van der Waals surface area contributed by atoms with Crippen LogP contribution < -0.4 is 4.90 Å².